The number of ether oxygens (including phenoxy) is 2. The smallest absolute Gasteiger partial charge is 0.264 e. The van der Waals surface area contributed by atoms with Gasteiger partial charge in [0.15, 0.2) is 0 Å². The van der Waals surface area contributed by atoms with Crippen LogP contribution in [-0.2, 0) is 32.6 Å². The van der Waals surface area contributed by atoms with Gasteiger partial charge in [-0.25, -0.2) is 8.42 Å². The predicted octanol–water partition coefficient (Wildman–Crippen LogP) is 5.76. The summed E-state index contributed by atoms with van der Waals surface area (Å²) in [6.07, 6.45) is 0.211. The summed E-state index contributed by atoms with van der Waals surface area (Å²) in [6, 6.07) is 28.7. The largest absolute Gasteiger partial charge is 0.497 e. The van der Waals surface area contributed by atoms with Crippen LogP contribution in [0.1, 0.15) is 37.5 Å². The van der Waals surface area contributed by atoms with Gasteiger partial charge in [-0.2, -0.15) is 0 Å². The molecule has 0 aliphatic carbocycles. The van der Waals surface area contributed by atoms with Crippen LogP contribution in [0, 0.1) is 6.92 Å². The highest BCUT2D eigenvalue weighted by molar-refractivity contribution is 7.92. The maximum absolute atomic E-state index is 14.7. The Kier molecular flexibility index (Phi) is 11.3. The zero-order valence-electron chi connectivity index (χ0n) is 27.8. The van der Waals surface area contributed by atoms with Crippen LogP contribution in [-0.4, -0.2) is 57.5 Å². The number of sulfonamides is 1. The lowest BCUT2D eigenvalue weighted by atomic mass is 10.0. The van der Waals surface area contributed by atoms with Crippen LogP contribution in [0.25, 0.3) is 0 Å². The number of anilines is 1. The van der Waals surface area contributed by atoms with Gasteiger partial charge in [0.2, 0.25) is 11.8 Å². The number of methoxy groups -OCH3 is 2. The van der Waals surface area contributed by atoms with E-state index in [0.29, 0.717) is 17.1 Å². The number of carbonyl (C=O) groups excluding carboxylic acids is 2. The lowest BCUT2D eigenvalue weighted by molar-refractivity contribution is -0.140. The second-order valence-corrected chi connectivity index (χ2v) is 14.2. The van der Waals surface area contributed by atoms with E-state index in [2.05, 4.69) is 5.32 Å². The maximum Gasteiger partial charge on any atom is 0.264 e. The minimum atomic E-state index is -4.23. The van der Waals surface area contributed by atoms with E-state index in [-0.39, 0.29) is 29.5 Å². The Morgan fingerprint density at radius 2 is 1.38 bits per heavy atom. The molecule has 4 aromatic rings. The highest BCUT2D eigenvalue weighted by Crippen LogP contribution is 2.28. The number of aryl methyl sites for hydroxylation is 1. The van der Waals surface area contributed by atoms with Crippen molar-refractivity contribution in [2.45, 2.75) is 57.1 Å². The first-order valence-electron chi connectivity index (χ1n) is 15.3. The van der Waals surface area contributed by atoms with Gasteiger partial charge in [-0.15, -0.1) is 0 Å². The van der Waals surface area contributed by atoms with E-state index in [9.17, 15) is 18.0 Å². The first kappa shape index (κ1) is 35.0. The predicted molar refractivity (Wildman–Crippen MR) is 184 cm³/mol. The van der Waals surface area contributed by atoms with Crippen molar-refractivity contribution in [2.75, 3.05) is 25.1 Å². The quantitative estimate of drug-likeness (QED) is 0.196. The molecule has 0 aliphatic rings. The maximum atomic E-state index is 14.7. The van der Waals surface area contributed by atoms with E-state index < -0.39 is 34.1 Å². The van der Waals surface area contributed by atoms with E-state index in [0.717, 1.165) is 15.4 Å². The highest BCUT2D eigenvalue weighted by Gasteiger charge is 2.35. The number of benzene rings is 4. The summed E-state index contributed by atoms with van der Waals surface area (Å²) in [5.41, 5.74) is 2.12. The lowest BCUT2D eigenvalue weighted by Gasteiger charge is -2.35. The number of carbonyl (C=O) groups is 2. The molecule has 0 saturated heterocycles. The second-order valence-electron chi connectivity index (χ2n) is 12.3. The molecule has 0 aliphatic heterocycles. The van der Waals surface area contributed by atoms with E-state index in [1.807, 2.05) is 70.2 Å². The summed E-state index contributed by atoms with van der Waals surface area (Å²) in [4.78, 5) is 30.2. The molecule has 1 N–H and O–H groups in total. The molecular formula is C37H43N3O6S. The summed E-state index contributed by atoms with van der Waals surface area (Å²) in [6.45, 7) is 6.95. The summed E-state index contributed by atoms with van der Waals surface area (Å²) < 4.78 is 40.4. The molecule has 0 spiro atoms. The molecule has 1 atom stereocenters. The van der Waals surface area contributed by atoms with E-state index in [4.69, 9.17) is 9.47 Å². The van der Waals surface area contributed by atoms with E-state index >= 15 is 0 Å². The Bertz CT molecular complexity index is 1770. The van der Waals surface area contributed by atoms with Crippen LogP contribution >= 0.6 is 0 Å². The van der Waals surface area contributed by atoms with Gasteiger partial charge in [0.1, 0.15) is 24.1 Å². The van der Waals surface area contributed by atoms with Crippen molar-refractivity contribution in [1.82, 2.24) is 10.2 Å². The first-order valence-corrected chi connectivity index (χ1v) is 16.8. The normalized spacial score (nSPS) is 12.1. The molecule has 9 nitrogen and oxygen atoms in total. The van der Waals surface area contributed by atoms with Crippen LogP contribution in [0.3, 0.4) is 0 Å². The van der Waals surface area contributed by atoms with Crippen molar-refractivity contribution in [3.05, 3.63) is 120 Å². The number of hydrogen-bond donors (Lipinski definition) is 1. The third-order valence-corrected chi connectivity index (χ3v) is 9.27. The Balaban J connectivity index is 1.84. The SMILES string of the molecule is COc1cccc(CN(C(=O)CN(c2cccc(OC)c2)S(=O)(=O)c2ccc(C)cc2)[C@H](Cc2ccccc2)C(=O)NC(C)(C)C)c1. The number of nitrogens with zero attached hydrogens (tertiary/aromatic N) is 2. The number of rotatable bonds is 13. The average Bonchev–Trinajstić information content (AvgIpc) is 3.05. The average molecular weight is 658 g/mol. The minimum Gasteiger partial charge on any atom is -0.497 e. The molecule has 10 heteroatoms. The molecular weight excluding hydrogens is 614 g/mol. The second kappa shape index (κ2) is 15.2. The molecule has 0 fully saturated rings. The van der Waals surface area contributed by atoms with E-state index in [1.165, 1.54) is 24.1 Å². The highest BCUT2D eigenvalue weighted by atomic mass is 32.2. The van der Waals surface area contributed by atoms with Crippen molar-refractivity contribution < 1.29 is 27.5 Å². The van der Waals surface area contributed by atoms with Gasteiger partial charge in [0, 0.05) is 24.6 Å². The zero-order valence-corrected chi connectivity index (χ0v) is 28.6. The van der Waals surface area contributed by atoms with Crippen molar-refractivity contribution in [1.29, 1.82) is 0 Å². The van der Waals surface area contributed by atoms with E-state index in [1.54, 1.807) is 55.6 Å². The van der Waals surface area contributed by atoms with Crippen LogP contribution in [0.5, 0.6) is 11.5 Å². The van der Waals surface area contributed by atoms with Crippen LogP contribution in [0.2, 0.25) is 0 Å². The molecule has 248 valence electrons. The standard InChI is InChI=1S/C37H43N3O6S/c1-27-18-20-33(21-19-27)47(43,44)40(30-15-11-17-32(24-30)46-6)26-35(41)39(25-29-14-10-16-31(22-29)45-5)34(36(42)38-37(2,3)4)23-28-12-8-7-9-13-28/h7-22,24,34H,23,25-26H2,1-6H3,(H,38,42)/t34-/m1/s1. The third kappa shape index (κ3) is 9.36. The van der Waals surface area contributed by atoms with Gasteiger partial charge < -0.3 is 19.7 Å². The fourth-order valence-electron chi connectivity index (χ4n) is 5.11. The Morgan fingerprint density at radius 1 is 0.787 bits per heavy atom. The third-order valence-electron chi connectivity index (χ3n) is 7.49. The molecule has 2 amide bonds. The zero-order chi connectivity index (χ0) is 34.2. The van der Waals surface area contributed by atoms with Gasteiger partial charge in [-0.3, -0.25) is 13.9 Å². The van der Waals surface area contributed by atoms with Gasteiger partial charge in [-0.05, 0) is 75.2 Å². The summed E-state index contributed by atoms with van der Waals surface area (Å²) in [7, 11) is -1.19. The molecule has 0 radical (unpaired) electrons. The van der Waals surface area contributed by atoms with Crippen molar-refractivity contribution in [2.24, 2.45) is 0 Å². The Morgan fingerprint density at radius 3 is 2.00 bits per heavy atom. The fourth-order valence-corrected chi connectivity index (χ4v) is 6.51. The molecule has 0 unspecified atom stereocenters. The molecule has 0 heterocycles. The fraction of sp³-hybridized carbons (Fsp3) is 0.297. The molecule has 0 aromatic heterocycles. The summed E-state index contributed by atoms with van der Waals surface area (Å²) in [5, 5.41) is 3.04. The van der Waals surface area contributed by atoms with Crippen LogP contribution in [0.4, 0.5) is 5.69 Å². The molecule has 4 aromatic carbocycles. The molecule has 0 saturated carbocycles. The van der Waals surface area contributed by atoms with Crippen molar-refractivity contribution in [3.63, 3.8) is 0 Å². The van der Waals surface area contributed by atoms with Gasteiger partial charge >= 0.3 is 0 Å². The lowest BCUT2D eigenvalue weighted by Crippen LogP contribution is -2.56. The number of nitrogens with one attached hydrogen (secondary N) is 1. The monoisotopic (exact) mass is 657 g/mol. The van der Waals surface area contributed by atoms with Gasteiger partial charge in [0.05, 0.1) is 24.8 Å². The first-order chi connectivity index (χ1) is 22.3. The van der Waals surface area contributed by atoms with Crippen molar-refractivity contribution in [3.8, 4) is 11.5 Å². The van der Waals surface area contributed by atoms with Crippen molar-refractivity contribution >= 4 is 27.5 Å². The Hall–Kier alpha value is -4.83. The topological polar surface area (TPSA) is 105 Å². The number of amides is 2. The van der Waals surface area contributed by atoms with Gasteiger partial charge in [-0.1, -0.05) is 66.2 Å². The summed E-state index contributed by atoms with van der Waals surface area (Å²) in [5.74, 6) is 0.107. The molecule has 47 heavy (non-hydrogen) atoms. The number of hydrogen-bond acceptors (Lipinski definition) is 6. The minimum absolute atomic E-state index is 0.0294. The Labute approximate surface area is 278 Å². The molecule has 0 bridgehead atoms. The van der Waals surface area contributed by atoms with Gasteiger partial charge in [0.25, 0.3) is 10.0 Å². The molecule has 4 rings (SSSR count). The van der Waals surface area contributed by atoms with Crippen LogP contribution < -0.4 is 19.1 Å². The summed E-state index contributed by atoms with van der Waals surface area (Å²) >= 11 is 0. The van der Waals surface area contributed by atoms with Crippen LogP contribution in [0.15, 0.2) is 108 Å².